The fourth-order valence-electron chi connectivity index (χ4n) is 4.60. The first-order chi connectivity index (χ1) is 12.7. The predicted octanol–water partition coefficient (Wildman–Crippen LogP) is 1.82. The zero-order valence-electron chi connectivity index (χ0n) is 15.5. The van der Waals surface area contributed by atoms with E-state index < -0.39 is 0 Å². The van der Waals surface area contributed by atoms with E-state index in [9.17, 15) is 4.79 Å². The first-order valence-corrected chi connectivity index (χ1v) is 10.1. The van der Waals surface area contributed by atoms with Gasteiger partial charge in [0.15, 0.2) is 11.6 Å². The van der Waals surface area contributed by atoms with Gasteiger partial charge in [-0.2, -0.15) is 0 Å². The first-order valence-electron chi connectivity index (χ1n) is 10.1. The summed E-state index contributed by atoms with van der Waals surface area (Å²) >= 11 is 0. The smallest absolute Gasteiger partial charge is 0.220 e. The Kier molecular flexibility index (Phi) is 5.29. The molecule has 2 N–H and O–H groups in total. The van der Waals surface area contributed by atoms with Gasteiger partial charge in [0.2, 0.25) is 5.91 Å². The number of fused-ring (bicyclic) bond motifs is 1. The van der Waals surface area contributed by atoms with Crippen molar-refractivity contribution in [3.8, 4) is 5.75 Å². The zero-order valence-corrected chi connectivity index (χ0v) is 15.5. The Morgan fingerprint density at radius 1 is 1.19 bits per heavy atom. The number of piperazine rings is 1. The maximum atomic E-state index is 11.3. The third-order valence-electron chi connectivity index (χ3n) is 6.36. The van der Waals surface area contributed by atoms with Gasteiger partial charge in [0, 0.05) is 50.3 Å². The summed E-state index contributed by atoms with van der Waals surface area (Å²) in [4.78, 5) is 20.8. The molecule has 1 saturated carbocycles. The normalized spacial score (nSPS) is 26.4. The van der Waals surface area contributed by atoms with Gasteiger partial charge in [0.1, 0.15) is 0 Å². The molecule has 1 aliphatic carbocycles. The van der Waals surface area contributed by atoms with Crippen LogP contribution >= 0.6 is 0 Å². The van der Waals surface area contributed by atoms with Crippen molar-refractivity contribution < 1.29 is 9.53 Å². The molecule has 1 aromatic heterocycles. The fourth-order valence-corrected chi connectivity index (χ4v) is 4.60. The Morgan fingerprint density at radius 2 is 1.96 bits per heavy atom. The van der Waals surface area contributed by atoms with Gasteiger partial charge in [-0.25, -0.2) is 4.98 Å². The summed E-state index contributed by atoms with van der Waals surface area (Å²) in [5, 5.41) is 0. The lowest BCUT2D eigenvalue weighted by Gasteiger charge is -2.37. The number of hydrogen-bond donors (Lipinski definition) is 1. The summed E-state index contributed by atoms with van der Waals surface area (Å²) < 4.78 is 5.81. The highest BCUT2D eigenvalue weighted by atomic mass is 16.5. The van der Waals surface area contributed by atoms with E-state index in [0.717, 1.165) is 88.9 Å². The molecule has 0 atom stereocenters. The van der Waals surface area contributed by atoms with Gasteiger partial charge in [-0.15, -0.1) is 0 Å². The van der Waals surface area contributed by atoms with Gasteiger partial charge in [-0.1, -0.05) is 0 Å². The fraction of sp³-hybridized carbons (Fsp3) is 0.700. The minimum absolute atomic E-state index is 0.107. The lowest BCUT2D eigenvalue weighted by molar-refractivity contribution is -0.123. The molecular weight excluding hydrogens is 328 g/mol. The number of nitrogens with two attached hydrogens (primary N) is 1. The maximum Gasteiger partial charge on any atom is 0.220 e. The number of hydrogen-bond acceptors (Lipinski definition) is 5. The third kappa shape index (κ3) is 3.80. The lowest BCUT2D eigenvalue weighted by Crippen LogP contribution is -2.47. The van der Waals surface area contributed by atoms with Crippen LogP contribution in [-0.4, -0.2) is 55.1 Å². The number of aromatic nitrogens is 1. The number of ether oxygens (including phenoxy) is 1. The van der Waals surface area contributed by atoms with Crippen LogP contribution in [-0.2, 0) is 11.2 Å². The summed E-state index contributed by atoms with van der Waals surface area (Å²) in [6.07, 6.45) is 8.45. The van der Waals surface area contributed by atoms with Crippen molar-refractivity contribution in [3.63, 3.8) is 0 Å². The van der Waals surface area contributed by atoms with Crippen molar-refractivity contribution in [2.24, 2.45) is 17.6 Å². The molecular formula is C20H30N4O2. The number of rotatable bonds is 5. The van der Waals surface area contributed by atoms with Crippen LogP contribution in [0.3, 0.4) is 0 Å². The van der Waals surface area contributed by atoms with Gasteiger partial charge in [0.05, 0.1) is 6.61 Å². The standard InChI is InChI=1S/C20H30N4O2/c21-19(25)17-3-1-15(2-4-17)6-9-23-10-12-24(13-11-23)20-18-16(5-8-22-20)7-14-26-18/h5,8,15,17H,1-4,6-7,9-14H2,(H2,21,25). The Bertz CT molecular complexity index is 635. The van der Waals surface area contributed by atoms with E-state index >= 15 is 0 Å². The Labute approximate surface area is 155 Å². The number of nitrogens with zero attached hydrogens (tertiary/aromatic N) is 3. The highest BCUT2D eigenvalue weighted by molar-refractivity contribution is 5.76. The molecule has 0 spiro atoms. The molecule has 0 bridgehead atoms. The van der Waals surface area contributed by atoms with Crippen molar-refractivity contribution >= 4 is 11.7 Å². The molecule has 1 amide bonds. The molecule has 3 aliphatic rings. The monoisotopic (exact) mass is 358 g/mol. The van der Waals surface area contributed by atoms with E-state index in [1.165, 1.54) is 12.0 Å². The predicted molar refractivity (Wildman–Crippen MR) is 101 cm³/mol. The number of primary amides is 1. The van der Waals surface area contributed by atoms with Crippen LogP contribution in [0.5, 0.6) is 5.75 Å². The molecule has 26 heavy (non-hydrogen) atoms. The third-order valence-corrected chi connectivity index (χ3v) is 6.36. The van der Waals surface area contributed by atoms with Gasteiger partial charge in [-0.3, -0.25) is 9.69 Å². The Morgan fingerprint density at radius 3 is 2.69 bits per heavy atom. The van der Waals surface area contributed by atoms with Gasteiger partial charge in [-0.05, 0) is 50.6 Å². The van der Waals surface area contributed by atoms with Crippen molar-refractivity contribution in [3.05, 3.63) is 17.8 Å². The molecule has 1 aromatic rings. The molecule has 0 radical (unpaired) electrons. The summed E-state index contributed by atoms with van der Waals surface area (Å²) in [7, 11) is 0. The van der Waals surface area contributed by atoms with Crippen LogP contribution < -0.4 is 15.4 Å². The molecule has 6 nitrogen and oxygen atoms in total. The van der Waals surface area contributed by atoms with Crippen molar-refractivity contribution in [1.29, 1.82) is 0 Å². The maximum absolute atomic E-state index is 11.3. The molecule has 0 unspecified atom stereocenters. The number of pyridine rings is 1. The summed E-state index contributed by atoms with van der Waals surface area (Å²) in [6, 6.07) is 2.08. The van der Waals surface area contributed by atoms with E-state index in [4.69, 9.17) is 10.5 Å². The zero-order chi connectivity index (χ0) is 17.9. The van der Waals surface area contributed by atoms with E-state index in [1.54, 1.807) is 0 Å². The van der Waals surface area contributed by atoms with E-state index in [2.05, 4.69) is 20.9 Å². The van der Waals surface area contributed by atoms with Gasteiger partial charge in [0.25, 0.3) is 0 Å². The minimum Gasteiger partial charge on any atom is -0.489 e. The number of amides is 1. The quantitative estimate of drug-likeness (QED) is 0.869. The lowest BCUT2D eigenvalue weighted by atomic mass is 9.80. The highest BCUT2D eigenvalue weighted by Gasteiger charge is 2.27. The second-order valence-corrected chi connectivity index (χ2v) is 7.96. The second-order valence-electron chi connectivity index (χ2n) is 7.96. The van der Waals surface area contributed by atoms with Crippen LogP contribution in [0.25, 0.3) is 0 Å². The van der Waals surface area contributed by atoms with E-state index in [0.29, 0.717) is 0 Å². The Balaban J connectivity index is 1.22. The van der Waals surface area contributed by atoms with E-state index in [-0.39, 0.29) is 11.8 Å². The van der Waals surface area contributed by atoms with Crippen LogP contribution in [0.4, 0.5) is 5.82 Å². The minimum atomic E-state index is -0.107. The topological polar surface area (TPSA) is 71.7 Å². The largest absolute Gasteiger partial charge is 0.489 e. The number of carbonyl (C=O) groups excluding carboxylic acids is 1. The molecule has 4 rings (SSSR count). The van der Waals surface area contributed by atoms with Crippen LogP contribution in [0, 0.1) is 11.8 Å². The first kappa shape index (κ1) is 17.6. The van der Waals surface area contributed by atoms with E-state index in [1.807, 2.05) is 6.20 Å². The van der Waals surface area contributed by atoms with Crippen LogP contribution in [0.2, 0.25) is 0 Å². The number of carbonyl (C=O) groups is 1. The molecule has 1 saturated heterocycles. The Hall–Kier alpha value is -1.82. The van der Waals surface area contributed by atoms with Crippen molar-refractivity contribution in [2.75, 3.05) is 44.2 Å². The second kappa shape index (κ2) is 7.82. The van der Waals surface area contributed by atoms with Gasteiger partial charge < -0.3 is 15.4 Å². The molecule has 2 aliphatic heterocycles. The average molecular weight is 358 g/mol. The highest BCUT2D eigenvalue weighted by Crippen LogP contribution is 2.35. The SMILES string of the molecule is NC(=O)C1CCC(CCN2CCN(c3nccc4c3OCC4)CC2)CC1. The van der Waals surface area contributed by atoms with Crippen LogP contribution in [0.15, 0.2) is 12.3 Å². The molecule has 3 heterocycles. The summed E-state index contributed by atoms with van der Waals surface area (Å²) in [6.45, 7) is 6.15. The van der Waals surface area contributed by atoms with Crippen LogP contribution in [0.1, 0.15) is 37.7 Å². The summed E-state index contributed by atoms with van der Waals surface area (Å²) in [5.74, 6) is 2.81. The van der Waals surface area contributed by atoms with Crippen molar-refractivity contribution in [1.82, 2.24) is 9.88 Å². The van der Waals surface area contributed by atoms with Crippen molar-refractivity contribution in [2.45, 2.75) is 38.5 Å². The number of anilines is 1. The molecule has 0 aromatic carbocycles. The average Bonchev–Trinajstić information content (AvgIpc) is 3.16. The molecule has 142 valence electrons. The van der Waals surface area contributed by atoms with Gasteiger partial charge >= 0.3 is 0 Å². The molecule has 6 heteroatoms. The summed E-state index contributed by atoms with van der Waals surface area (Å²) in [5.41, 5.74) is 6.73. The molecule has 2 fully saturated rings.